The lowest BCUT2D eigenvalue weighted by atomic mass is 10.1. The van der Waals surface area contributed by atoms with Crippen molar-refractivity contribution in [1.82, 2.24) is 15.2 Å². The third-order valence-electron chi connectivity index (χ3n) is 3.74. The van der Waals surface area contributed by atoms with Crippen molar-refractivity contribution in [2.45, 2.75) is 52.4 Å². The molecule has 7 heteroatoms. The second-order valence-electron chi connectivity index (χ2n) is 5.77. The summed E-state index contributed by atoms with van der Waals surface area (Å²) < 4.78 is 4.94. The molecule has 0 aliphatic rings. The fraction of sp³-hybridized carbons (Fsp3) is 0.556. The largest absolute Gasteiger partial charge is 0.466 e. The summed E-state index contributed by atoms with van der Waals surface area (Å²) in [5.41, 5.74) is 0. The summed E-state index contributed by atoms with van der Waals surface area (Å²) >= 11 is 1.58. The molecule has 0 unspecified atom stereocenters. The molecule has 6 nitrogen and oxygen atoms in total. The quantitative estimate of drug-likeness (QED) is 0.439. The molecule has 0 N–H and O–H groups in total. The van der Waals surface area contributed by atoms with Crippen LogP contribution in [0.5, 0.6) is 0 Å². The van der Waals surface area contributed by atoms with Gasteiger partial charge in [0.15, 0.2) is 0 Å². The predicted octanol–water partition coefficient (Wildman–Crippen LogP) is 4.28. The second kappa shape index (κ2) is 10.8. The minimum Gasteiger partial charge on any atom is -0.466 e. The zero-order valence-corrected chi connectivity index (χ0v) is 15.8. The lowest BCUT2D eigenvalue weighted by Gasteiger charge is -2.20. The first-order chi connectivity index (χ1) is 12.2. The molecule has 0 fully saturated rings. The molecule has 2 aromatic rings. The number of hydrogen-bond donors (Lipinski definition) is 0. The highest BCUT2D eigenvalue weighted by atomic mass is 32.1. The third kappa shape index (κ3) is 6.78. The highest BCUT2D eigenvalue weighted by Crippen LogP contribution is 2.27. The fourth-order valence-corrected chi connectivity index (χ4v) is 3.24. The van der Waals surface area contributed by atoms with Crippen LogP contribution >= 0.6 is 11.3 Å². The zero-order chi connectivity index (χ0) is 17.9. The van der Waals surface area contributed by atoms with E-state index >= 15 is 0 Å². The number of ether oxygens (including phenoxy) is 1. The van der Waals surface area contributed by atoms with E-state index in [1.54, 1.807) is 17.5 Å². The Hall–Kier alpha value is -2.02. The van der Waals surface area contributed by atoms with E-state index in [0.29, 0.717) is 13.0 Å². The number of carbonyl (C=O) groups excluding carboxylic acids is 1. The first-order valence-corrected chi connectivity index (χ1v) is 9.66. The predicted molar refractivity (Wildman–Crippen MR) is 100 cm³/mol. The number of aryl methyl sites for hydroxylation is 1. The summed E-state index contributed by atoms with van der Waals surface area (Å²) in [4.78, 5) is 17.9. The standard InChI is InChI=1S/C18H26N4O2S/c1-3-24-17(23)12-7-5-4-6-10-14-22(16-11-8-9-13-19-16)18-21-20-15(2)25-18/h8-9,11,13H,3-7,10,12,14H2,1-2H3. The van der Waals surface area contributed by atoms with Gasteiger partial charge in [0.2, 0.25) is 5.13 Å². The van der Waals surface area contributed by atoms with Crippen LogP contribution in [0.3, 0.4) is 0 Å². The molecule has 0 bridgehead atoms. The molecule has 2 rings (SSSR count). The summed E-state index contributed by atoms with van der Waals surface area (Å²) in [5.74, 6) is 0.816. The number of carbonyl (C=O) groups is 1. The molecule has 2 aromatic heterocycles. The molecular formula is C18H26N4O2S. The van der Waals surface area contributed by atoms with Crippen LogP contribution in [-0.2, 0) is 9.53 Å². The zero-order valence-electron chi connectivity index (χ0n) is 15.0. The highest BCUT2D eigenvalue weighted by Gasteiger charge is 2.14. The minimum atomic E-state index is -0.0875. The number of unbranched alkanes of at least 4 members (excludes halogenated alkanes) is 4. The summed E-state index contributed by atoms with van der Waals surface area (Å²) in [6, 6.07) is 5.89. The molecule has 0 aromatic carbocycles. The van der Waals surface area contributed by atoms with Gasteiger partial charge in [-0.3, -0.25) is 4.79 Å². The number of hydrogen-bond acceptors (Lipinski definition) is 7. The molecule has 25 heavy (non-hydrogen) atoms. The van der Waals surface area contributed by atoms with Crippen LogP contribution in [0.15, 0.2) is 24.4 Å². The number of pyridine rings is 1. The first kappa shape index (κ1) is 19.3. The molecule has 0 aliphatic heterocycles. The highest BCUT2D eigenvalue weighted by molar-refractivity contribution is 7.15. The van der Waals surface area contributed by atoms with Gasteiger partial charge in [0.05, 0.1) is 6.61 Å². The number of aromatic nitrogens is 3. The molecule has 0 atom stereocenters. The monoisotopic (exact) mass is 362 g/mol. The maximum absolute atomic E-state index is 11.3. The van der Waals surface area contributed by atoms with Gasteiger partial charge in [0.25, 0.3) is 0 Å². The van der Waals surface area contributed by atoms with E-state index in [4.69, 9.17) is 4.74 Å². The Balaban J connectivity index is 1.75. The van der Waals surface area contributed by atoms with Crippen molar-refractivity contribution in [2.24, 2.45) is 0 Å². The van der Waals surface area contributed by atoms with Crippen molar-refractivity contribution >= 4 is 28.3 Å². The van der Waals surface area contributed by atoms with Gasteiger partial charge < -0.3 is 9.64 Å². The number of rotatable bonds is 11. The van der Waals surface area contributed by atoms with Crippen molar-refractivity contribution in [1.29, 1.82) is 0 Å². The minimum absolute atomic E-state index is 0.0875. The van der Waals surface area contributed by atoms with Gasteiger partial charge in [-0.2, -0.15) is 0 Å². The average Bonchev–Trinajstić information content (AvgIpc) is 3.04. The van der Waals surface area contributed by atoms with Crippen LogP contribution in [0.25, 0.3) is 0 Å². The van der Waals surface area contributed by atoms with Crippen molar-refractivity contribution in [3.8, 4) is 0 Å². The number of nitrogens with zero attached hydrogens (tertiary/aromatic N) is 4. The SMILES string of the molecule is CCOC(=O)CCCCCCCN(c1ccccn1)c1nnc(C)s1. The Morgan fingerprint density at radius 1 is 1.16 bits per heavy atom. The fourth-order valence-electron chi connectivity index (χ4n) is 2.52. The molecule has 2 heterocycles. The Morgan fingerprint density at radius 2 is 1.96 bits per heavy atom. The van der Waals surface area contributed by atoms with Crippen molar-refractivity contribution in [3.05, 3.63) is 29.4 Å². The van der Waals surface area contributed by atoms with Gasteiger partial charge in [0, 0.05) is 19.2 Å². The normalized spacial score (nSPS) is 10.6. The van der Waals surface area contributed by atoms with Gasteiger partial charge >= 0.3 is 5.97 Å². The summed E-state index contributed by atoms with van der Waals surface area (Å²) in [5, 5.41) is 10.2. The maximum Gasteiger partial charge on any atom is 0.305 e. The molecular weight excluding hydrogens is 336 g/mol. The van der Waals surface area contributed by atoms with Crippen molar-refractivity contribution in [2.75, 3.05) is 18.1 Å². The van der Waals surface area contributed by atoms with Gasteiger partial charge in [-0.25, -0.2) is 4.98 Å². The summed E-state index contributed by atoms with van der Waals surface area (Å²) in [6.07, 6.45) is 7.56. The Morgan fingerprint density at radius 3 is 2.64 bits per heavy atom. The lowest BCUT2D eigenvalue weighted by molar-refractivity contribution is -0.143. The molecule has 0 spiro atoms. The molecule has 0 saturated heterocycles. The van der Waals surface area contributed by atoms with Gasteiger partial charge in [-0.05, 0) is 38.8 Å². The Kier molecular flexibility index (Phi) is 8.31. The van der Waals surface area contributed by atoms with Crippen molar-refractivity contribution < 1.29 is 9.53 Å². The van der Waals surface area contributed by atoms with E-state index in [1.807, 2.05) is 32.0 Å². The van der Waals surface area contributed by atoms with Crippen molar-refractivity contribution in [3.63, 3.8) is 0 Å². The van der Waals surface area contributed by atoms with E-state index in [2.05, 4.69) is 20.1 Å². The molecule has 0 radical (unpaired) electrons. The van der Waals surface area contributed by atoms with Crippen LogP contribution in [0.2, 0.25) is 0 Å². The number of anilines is 2. The maximum atomic E-state index is 11.3. The molecule has 0 aliphatic carbocycles. The summed E-state index contributed by atoms with van der Waals surface area (Å²) in [7, 11) is 0. The van der Waals surface area contributed by atoms with Gasteiger partial charge in [-0.1, -0.05) is 36.7 Å². The first-order valence-electron chi connectivity index (χ1n) is 8.85. The lowest BCUT2D eigenvalue weighted by Crippen LogP contribution is -2.19. The molecule has 0 amide bonds. The third-order valence-corrected chi connectivity index (χ3v) is 4.60. The van der Waals surface area contributed by atoms with Crippen LogP contribution in [-0.4, -0.2) is 34.3 Å². The van der Waals surface area contributed by atoms with Gasteiger partial charge in [0.1, 0.15) is 10.8 Å². The van der Waals surface area contributed by atoms with Crippen LogP contribution in [0, 0.1) is 6.92 Å². The topological polar surface area (TPSA) is 68.2 Å². The van der Waals surface area contributed by atoms with E-state index in [9.17, 15) is 4.79 Å². The molecule has 0 saturated carbocycles. The van der Waals surface area contributed by atoms with Crippen LogP contribution in [0.4, 0.5) is 10.9 Å². The van der Waals surface area contributed by atoms with Crippen LogP contribution in [0.1, 0.15) is 50.5 Å². The Labute approximate surface area is 153 Å². The second-order valence-corrected chi connectivity index (χ2v) is 6.93. The van der Waals surface area contributed by atoms with E-state index < -0.39 is 0 Å². The van der Waals surface area contributed by atoms with E-state index in [1.165, 1.54) is 0 Å². The summed E-state index contributed by atoms with van der Waals surface area (Å²) in [6.45, 7) is 5.13. The van der Waals surface area contributed by atoms with E-state index in [-0.39, 0.29) is 5.97 Å². The van der Waals surface area contributed by atoms with E-state index in [0.717, 1.165) is 54.6 Å². The smallest absolute Gasteiger partial charge is 0.305 e. The Bertz CT molecular complexity index is 633. The average molecular weight is 362 g/mol. The van der Waals surface area contributed by atoms with Crippen LogP contribution < -0.4 is 4.90 Å². The van der Waals surface area contributed by atoms with Gasteiger partial charge in [-0.15, -0.1) is 10.2 Å². The number of esters is 1. The molecule has 136 valence electrons.